The van der Waals surface area contributed by atoms with Crippen molar-refractivity contribution in [2.75, 3.05) is 13.7 Å². The van der Waals surface area contributed by atoms with Crippen molar-refractivity contribution >= 4 is 5.84 Å². The molecule has 0 aromatic heterocycles. The molecule has 96 valence electrons. The Kier molecular flexibility index (Phi) is 5.55. The molecule has 0 bridgehead atoms. The number of nitrogens with zero attached hydrogens (tertiary/aromatic N) is 1. The highest BCUT2D eigenvalue weighted by Crippen LogP contribution is 2.19. The van der Waals surface area contributed by atoms with Gasteiger partial charge in [0.2, 0.25) is 0 Å². The van der Waals surface area contributed by atoms with Crippen molar-refractivity contribution in [2.45, 2.75) is 13.0 Å². The monoisotopic (exact) mass is 247 g/mol. The topological polar surface area (TPSA) is 79.9 Å². The number of oxime groups is 1. The van der Waals surface area contributed by atoms with Crippen LogP contribution in [0.15, 0.2) is 23.4 Å². The van der Waals surface area contributed by atoms with E-state index in [1.54, 1.807) is 6.07 Å². The van der Waals surface area contributed by atoms with Crippen LogP contribution in [0.4, 0.5) is 0 Å². The third kappa shape index (κ3) is 3.68. The highest BCUT2D eigenvalue weighted by molar-refractivity contribution is 5.99. The van der Waals surface area contributed by atoms with Crippen LogP contribution in [0.5, 0.6) is 5.75 Å². The van der Waals surface area contributed by atoms with Crippen molar-refractivity contribution < 1.29 is 9.94 Å². The Balaban J connectivity index is 2.80. The number of terminal acetylenes is 1. The van der Waals surface area contributed by atoms with Crippen molar-refractivity contribution in [2.24, 2.45) is 10.9 Å². The zero-order chi connectivity index (χ0) is 13.4. The molecule has 0 fully saturated rings. The fourth-order valence-corrected chi connectivity index (χ4v) is 1.51. The van der Waals surface area contributed by atoms with Crippen molar-refractivity contribution in [3.63, 3.8) is 0 Å². The summed E-state index contributed by atoms with van der Waals surface area (Å²) in [5, 5.41) is 14.9. The van der Waals surface area contributed by atoms with Crippen LogP contribution in [0, 0.1) is 12.3 Å². The minimum absolute atomic E-state index is 0.0253. The maximum absolute atomic E-state index is 8.71. The predicted octanol–water partition coefficient (Wildman–Crippen LogP) is 0.903. The Morgan fingerprint density at radius 2 is 2.39 bits per heavy atom. The second kappa shape index (κ2) is 7.20. The first-order valence-corrected chi connectivity index (χ1v) is 5.52. The summed E-state index contributed by atoms with van der Waals surface area (Å²) in [6.45, 7) is 1.42. The van der Waals surface area contributed by atoms with Gasteiger partial charge in [-0.1, -0.05) is 11.2 Å². The Morgan fingerprint density at radius 1 is 1.61 bits per heavy atom. The Labute approximate surface area is 107 Å². The van der Waals surface area contributed by atoms with Crippen molar-refractivity contribution in [1.82, 2.24) is 5.32 Å². The van der Waals surface area contributed by atoms with Crippen LogP contribution in [0.1, 0.15) is 17.5 Å². The van der Waals surface area contributed by atoms with Crippen LogP contribution in [-0.2, 0) is 6.54 Å². The zero-order valence-electron chi connectivity index (χ0n) is 10.3. The Hall–Kier alpha value is -2.19. The molecule has 0 spiro atoms. The lowest BCUT2D eigenvalue weighted by atomic mass is 10.1. The Bertz CT molecular complexity index is 464. The molecule has 1 rings (SSSR count). The molecule has 4 N–H and O–H groups in total. The highest BCUT2D eigenvalue weighted by atomic mass is 16.5. The molecule has 1 aromatic carbocycles. The number of amidine groups is 1. The van der Waals surface area contributed by atoms with Gasteiger partial charge in [0.1, 0.15) is 5.75 Å². The first-order valence-electron chi connectivity index (χ1n) is 5.52. The number of hydrogen-bond donors (Lipinski definition) is 3. The summed E-state index contributed by atoms with van der Waals surface area (Å²) in [7, 11) is 1.54. The van der Waals surface area contributed by atoms with Gasteiger partial charge < -0.3 is 21.0 Å². The molecule has 5 heteroatoms. The summed E-state index contributed by atoms with van der Waals surface area (Å²) in [6, 6.07) is 5.51. The molecule has 1 aromatic rings. The molecule has 0 saturated carbocycles. The molecule has 0 aliphatic heterocycles. The molecule has 0 unspecified atom stereocenters. The molecular weight excluding hydrogens is 230 g/mol. The number of rotatable bonds is 6. The van der Waals surface area contributed by atoms with Gasteiger partial charge in [-0.3, -0.25) is 0 Å². The largest absolute Gasteiger partial charge is 0.496 e. The lowest BCUT2D eigenvalue weighted by Gasteiger charge is -2.10. The van der Waals surface area contributed by atoms with Gasteiger partial charge in [-0.2, -0.15) is 0 Å². The molecule has 0 radical (unpaired) electrons. The maximum Gasteiger partial charge on any atom is 0.173 e. The van der Waals surface area contributed by atoms with Crippen LogP contribution in [-0.4, -0.2) is 24.7 Å². The summed E-state index contributed by atoms with van der Waals surface area (Å²) in [5.74, 6) is 3.15. The van der Waals surface area contributed by atoms with E-state index >= 15 is 0 Å². The molecule has 0 heterocycles. The number of benzene rings is 1. The lowest BCUT2D eigenvalue weighted by Crippen LogP contribution is -2.17. The van der Waals surface area contributed by atoms with E-state index in [2.05, 4.69) is 16.4 Å². The van der Waals surface area contributed by atoms with Crippen LogP contribution in [0.2, 0.25) is 0 Å². The molecule has 0 saturated heterocycles. The molecule has 0 atom stereocenters. The SMILES string of the molecule is C#CCCNCc1ccc(OC)c(C(N)=NO)c1. The van der Waals surface area contributed by atoms with Gasteiger partial charge in [-0.15, -0.1) is 12.3 Å². The van der Waals surface area contributed by atoms with Gasteiger partial charge >= 0.3 is 0 Å². The normalized spacial score (nSPS) is 11.0. The van der Waals surface area contributed by atoms with E-state index in [9.17, 15) is 0 Å². The van der Waals surface area contributed by atoms with Crippen LogP contribution in [0.25, 0.3) is 0 Å². The van der Waals surface area contributed by atoms with E-state index in [1.165, 1.54) is 7.11 Å². The van der Waals surface area contributed by atoms with E-state index in [0.29, 0.717) is 24.3 Å². The van der Waals surface area contributed by atoms with Crippen LogP contribution >= 0.6 is 0 Å². The quantitative estimate of drug-likeness (QED) is 0.174. The van der Waals surface area contributed by atoms with Crippen molar-refractivity contribution in [3.05, 3.63) is 29.3 Å². The van der Waals surface area contributed by atoms with Crippen LogP contribution < -0.4 is 15.8 Å². The third-order valence-corrected chi connectivity index (χ3v) is 2.42. The number of hydrogen-bond acceptors (Lipinski definition) is 4. The summed E-state index contributed by atoms with van der Waals surface area (Å²) in [5.41, 5.74) is 7.16. The van der Waals surface area contributed by atoms with Crippen LogP contribution in [0.3, 0.4) is 0 Å². The number of nitrogens with one attached hydrogen (secondary N) is 1. The fourth-order valence-electron chi connectivity index (χ4n) is 1.51. The van der Waals surface area contributed by atoms with Gasteiger partial charge in [-0.25, -0.2) is 0 Å². The summed E-state index contributed by atoms with van der Waals surface area (Å²) in [6.07, 6.45) is 5.84. The van der Waals surface area contributed by atoms with E-state index in [0.717, 1.165) is 12.1 Å². The highest BCUT2D eigenvalue weighted by Gasteiger charge is 2.08. The molecule has 0 aliphatic carbocycles. The average molecular weight is 247 g/mol. The summed E-state index contributed by atoms with van der Waals surface area (Å²) >= 11 is 0. The standard InChI is InChI=1S/C13H17N3O2/c1-3-4-7-15-9-10-5-6-12(18-2)11(8-10)13(14)16-17/h1,5-6,8,15,17H,4,7,9H2,2H3,(H2,14,16). The first-order chi connectivity index (χ1) is 8.72. The lowest BCUT2D eigenvalue weighted by molar-refractivity contribution is 0.318. The smallest absolute Gasteiger partial charge is 0.173 e. The molecule has 0 amide bonds. The van der Waals surface area contributed by atoms with Gasteiger partial charge in [-0.05, 0) is 17.7 Å². The third-order valence-electron chi connectivity index (χ3n) is 2.42. The molecular formula is C13H17N3O2. The molecule has 18 heavy (non-hydrogen) atoms. The summed E-state index contributed by atoms with van der Waals surface area (Å²) < 4.78 is 5.15. The van der Waals surface area contributed by atoms with E-state index in [1.807, 2.05) is 12.1 Å². The van der Waals surface area contributed by atoms with Crippen molar-refractivity contribution in [1.29, 1.82) is 0 Å². The minimum atomic E-state index is 0.0253. The van der Waals surface area contributed by atoms with Crippen molar-refractivity contribution in [3.8, 4) is 18.1 Å². The molecule has 5 nitrogen and oxygen atoms in total. The number of methoxy groups -OCH3 is 1. The second-order valence-corrected chi connectivity index (χ2v) is 3.65. The second-order valence-electron chi connectivity index (χ2n) is 3.65. The van der Waals surface area contributed by atoms with E-state index in [4.69, 9.17) is 22.1 Å². The van der Waals surface area contributed by atoms with E-state index in [-0.39, 0.29) is 5.84 Å². The summed E-state index contributed by atoms with van der Waals surface area (Å²) in [4.78, 5) is 0. The first kappa shape index (κ1) is 13.9. The van der Waals surface area contributed by atoms with Gasteiger partial charge in [0, 0.05) is 19.5 Å². The Morgan fingerprint density at radius 3 is 3.00 bits per heavy atom. The number of ether oxygens (including phenoxy) is 1. The zero-order valence-corrected chi connectivity index (χ0v) is 10.3. The van der Waals surface area contributed by atoms with Gasteiger partial charge in [0.05, 0.1) is 12.7 Å². The maximum atomic E-state index is 8.71. The van der Waals surface area contributed by atoms with Gasteiger partial charge in [0.25, 0.3) is 0 Å². The minimum Gasteiger partial charge on any atom is -0.496 e. The van der Waals surface area contributed by atoms with Gasteiger partial charge in [0.15, 0.2) is 5.84 Å². The number of nitrogens with two attached hydrogens (primary N) is 1. The fraction of sp³-hybridized carbons (Fsp3) is 0.308. The average Bonchev–Trinajstić information content (AvgIpc) is 2.42. The van der Waals surface area contributed by atoms with E-state index < -0.39 is 0 Å². The molecule has 0 aliphatic rings. The predicted molar refractivity (Wildman–Crippen MR) is 70.7 cm³/mol.